The molecular weight excluding hydrogens is 252 g/mol. The molecule has 4 heteroatoms. The highest BCUT2D eigenvalue weighted by molar-refractivity contribution is 5.31. The molecule has 1 aromatic carbocycles. The average Bonchev–Trinajstić information content (AvgIpc) is 2.93. The number of hydrogen-bond donors (Lipinski definition) is 1. The van der Waals surface area contributed by atoms with Crippen LogP contribution in [0.4, 0.5) is 0 Å². The molecule has 2 rings (SSSR count). The summed E-state index contributed by atoms with van der Waals surface area (Å²) >= 11 is 0. The van der Waals surface area contributed by atoms with Gasteiger partial charge in [0.25, 0.3) is 0 Å². The second-order valence-electron chi connectivity index (χ2n) is 5.67. The maximum atomic E-state index is 6.00. The van der Waals surface area contributed by atoms with E-state index in [0.29, 0.717) is 12.6 Å². The minimum Gasteiger partial charge on any atom is -0.491 e. The summed E-state index contributed by atoms with van der Waals surface area (Å²) in [5.41, 5.74) is 7.21. The molecule has 112 valence electrons. The fourth-order valence-corrected chi connectivity index (χ4v) is 2.70. The topological polar surface area (TPSA) is 47.7 Å². The Morgan fingerprint density at radius 1 is 1.45 bits per heavy atom. The number of likely N-dealkylation sites (N-methyl/N-ethyl adjacent to an activating group) is 1. The Labute approximate surface area is 121 Å². The molecular formula is C16H26N2O2. The van der Waals surface area contributed by atoms with Gasteiger partial charge < -0.3 is 15.2 Å². The molecule has 2 unspecified atom stereocenters. The normalized spacial score (nSPS) is 20.6. The molecule has 0 amide bonds. The van der Waals surface area contributed by atoms with Crippen molar-refractivity contribution >= 4 is 0 Å². The highest BCUT2D eigenvalue weighted by Crippen LogP contribution is 2.26. The van der Waals surface area contributed by atoms with Gasteiger partial charge in [0.1, 0.15) is 5.75 Å². The van der Waals surface area contributed by atoms with Crippen LogP contribution in [0.3, 0.4) is 0 Å². The van der Waals surface area contributed by atoms with Crippen LogP contribution < -0.4 is 10.5 Å². The zero-order valence-electron chi connectivity index (χ0n) is 12.7. The lowest BCUT2D eigenvalue weighted by Gasteiger charge is -2.32. The first-order valence-corrected chi connectivity index (χ1v) is 7.38. The van der Waals surface area contributed by atoms with Crippen LogP contribution in [0.2, 0.25) is 0 Å². The summed E-state index contributed by atoms with van der Waals surface area (Å²) < 4.78 is 11.2. The van der Waals surface area contributed by atoms with Crippen molar-refractivity contribution in [3.8, 4) is 5.75 Å². The van der Waals surface area contributed by atoms with Gasteiger partial charge in [-0.2, -0.15) is 0 Å². The summed E-state index contributed by atoms with van der Waals surface area (Å²) in [4.78, 5) is 2.33. The Hall–Kier alpha value is -1.10. The molecule has 0 bridgehead atoms. The minimum absolute atomic E-state index is 0.183. The van der Waals surface area contributed by atoms with Gasteiger partial charge >= 0.3 is 0 Å². The lowest BCUT2D eigenvalue weighted by molar-refractivity contribution is 0.134. The largest absolute Gasteiger partial charge is 0.491 e. The van der Waals surface area contributed by atoms with E-state index in [4.69, 9.17) is 15.2 Å². The fraction of sp³-hybridized carbons (Fsp3) is 0.625. The van der Waals surface area contributed by atoms with Crippen molar-refractivity contribution in [3.63, 3.8) is 0 Å². The average molecular weight is 278 g/mol. The standard InChI is InChI=1S/C16H26N2O2/c1-12(2)20-15-6-4-5-13(9-15)16(10-17)18(3)14-7-8-19-11-14/h4-6,9,12,14,16H,7-8,10-11,17H2,1-3H3. The van der Waals surface area contributed by atoms with E-state index in [1.807, 2.05) is 26.0 Å². The van der Waals surface area contributed by atoms with Gasteiger partial charge in [-0.25, -0.2) is 0 Å². The Morgan fingerprint density at radius 3 is 2.85 bits per heavy atom. The maximum absolute atomic E-state index is 6.00. The van der Waals surface area contributed by atoms with Crippen LogP contribution in [0.5, 0.6) is 5.75 Å². The second kappa shape index (κ2) is 7.07. The summed E-state index contributed by atoms with van der Waals surface area (Å²) in [6.45, 7) is 6.32. The third-order valence-corrected chi connectivity index (χ3v) is 3.81. The van der Waals surface area contributed by atoms with E-state index in [2.05, 4.69) is 24.1 Å². The Bertz CT molecular complexity index is 417. The predicted molar refractivity (Wildman–Crippen MR) is 81.0 cm³/mol. The molecule has 0 radical (unpaired) electrons. The van der Waals surface area contributed by atoms with Crippen molar-refractivity contribution in [1.29, 1.82) is 0 Å². The molecule has 1 aliphatic rings. The van der Waals surface area contributed by atoms with E-state index in [9.17, 15) is 0 Å². The molecule has 4 nitrogen and oxygen atoms in total. The van der Waals surface area contributed by atoms with Gasteiger partial charge in [0.2, 0.25) is 0 Å². The highest BCUT2D eigenvalue weighted by atomic mass is 16.5. The first-order chi connectivity index (χ1) is 9.61. The van der Waals surface area contributed by atoms with Gasteiger partial charge in [0, 0.05) is 25.2 Å². The van der Waals surface area contributed by atoms with E-state index in [1.54, 1.807) is 0 Å². The summed E-state index contributed by atoms with van der Waals surface area (Å²) in [5.74, 6) is 0.909. The maximum Gasteiger partial charge on any atom is 0.120 e. The first-order valence-electron chi connectivity index (χ1n) is 7.38. The third-order valence-electron chi connectivity index (χ3n) is 3.81. The van der Waals surface area contributed by atoms with Crippen molar-refractivity contribution in [2.75, 3.05) is 26.8 Å². The third kappa shape index (κ3) is 3.72. The molecule has 20 heavy (non-hydrogen) atoms. The van der Waals surface area contributed by atoms with Crippen molar-refractivity contribution < 1.29 is 9.47 Å². The van der Waals surface area contributed by atoms with Crippen LogP contribution in [0.1, 0.15) is 31.9 Å². The number of hydrogen-bond acceptors (Lipinski definition) is 4. The molecule has 1 aliphatic heterocycles. The summed E-state index contributed by atoms with van der Waals surface area (Å²) in [5, 5.41) is 0. The number of nitrogens with two attached hydrogens (primary N) is 1. The molecule has 1 heterocycles. The first kappa shape index (κ1) is 15.3. The molecule has 0 spiro atoms. The molecule has 2 N–H and O–H groups in total. The van der Waals surface area contributed by atoms with Gasteiger partial charge in [-0.15, -0.1) is 0 Å². The number of benzene rings is 1. The van der Waals surface area contributed by atoms with E-state index in [0.717, 1.165) is 25.4 Å². The Morgan fingerprint density at radius 2 is 2.25 bits per heavy atom. The van der Waals surface area contributed by atoms with Crippen molar-refractivity contribution in [1.82, 2.24) is 4.90 Å². The van der Waals surface area contributed by atoms with Gasteiger partial charge in [-0.1, -0.05) is 12.1 Å². The quantitative estimate of drug-likeness (QED) is 0.866. The van der Waals surface area contributed by atoms with Crippen LogP contribution in [0.15, 0.2) is 24.3 Å². The fourth-order valence-electron chi connectivity index (χ4n) is 2.70. The van der Waals surface area contributed by atoms with Crippen LogP contribution in [0.25, 0.3) is 0 Å². The van der Waals surface area contributed by atoms with Gasteiger partial charge in [-0.3, -0.25) is 4.90 Å². The van der Waals surface area contributed by atoms with Crippen LogP contribution in [-0.4, -0.2) is 43.9 Å². The Balaban J connectivity index is 2.13. The smallest absolute Gasteiger partial charge is 0.120 e. The zero-order valence-corrected chi connectivity index (χ0v) is 12.7. The van der Waals surface area contributed by atoms with E-state index in [1.165, 1.54) is 5.56 Å². The SMILES string of the molecule is CC(C)Oc1cccc(C(CN)N(C)C2CCOC2)c1. The summed E-state index contributed by atoms with van der Waals surface area (Å²) in [7, 11) is 2.13. The predicted octanol–water partition coefficient (Wildman–Crippen LogP) is 2.19. The molecule has 2 atom stereocenters. The highest BCUT2D eigenvalue weighted by Gasteiger charge is 2.26. The van der Waals surface area contributed by atoms with Crippen molar-refractivity contribution in [2.24, 2.45) is 5.73 Å². The second-order valence-corrected chi connectivity index (χ2v) is 5.67. The lowest BCUT2D eigenvalue weighted by Crippen LogP contribution is -2.38. The van der Waals surface area contributed by atoms with E-state index in [-0.39, 0.29) is 12.1 Å². The molecule has 0 aromatic heterocycles. The zero-order chi connectivity index (χ0) is 14.5. The minimum atomic E-state index is 0.183. The molecule has 0 aliphatic carbocycles. The van der Waals surface area contributed by atoms with Crippen molar-refractivity contribution in [2.45, 2.75) is 38.5 Å². The van der Waals surface area contributed by atoms with Gasteiger partial charge in [0.05, 0.1) is 12.7 Å². The molecule has 1 fully saturated rings. The van der Waals surface area contributed by atoms with Crippen LogP contribution >= 0.6 is 0 Å². The van der Waals surface area contributed by atoms with Crippen LogP contribution in [-0.2, 0) is 4.74 Å². The van der Waals surface area contributed by atoms with Gasteiger partial charge in [-0.05, 0) is 45.0 Å². The Kier molecular flexibility index (Phi) is 5.40. The number of rotatable bonds is 6. The monoisotopic (exact) mass is 278 g/mol. The summed E-state index contributed by atoms with van der Waals surface area (Å²) in [6.07, 6.45) is 1.26. The number of ether oxygens (including phenoxy) is 2. The lowest BCUT2D eigenvalue weighted by atomic mass is 10.0. The van der Waals surface area contributed by atoms with Crippen LogP contribution in [0, 0.1) is 0 Å². The molecule has 0 saturated carbocycles. The van der Waals surface area contributed by atoms with Gasteiger partial charge in [0.15, 0.2) is 0 Å². The summed E-state index contributed by atoms with van der Waals surface area (Å²) in [6, 6.07) is 8.92. The van der Waals surface area contributed by atoms with E-state index < -0.39 is 0 Å². The van der Waals surface area contributed by atoms with E-state index >= 15 is 0 Å². The van der Waals surface area contributed by atoms with Crippen molar-refractivity contribution in [3.05, 3.63) is 29.8 Å². The molecule has 1 saturated heterocycles. The molecule has 1 aromatic rings. The number of nitrogens with zero attached hydrogens (tertiary/aromatic N) is 1.